The van der Waals surface area contributed by atoms with Gasteiger partial charge in [-0.05, 0) is 31.0 Å². The second-order valence-electron chi connectivity index (χ2n) is 5.12. The lowest BCUT2D eigenvalue weighted by molar-refractivity contribution is -0.122. The van der Waals surface area contributed by atoms with E-state index in [1.54, 1.807) is 24.3 Å². The van der Waals surface area contributed by atoms with Gasteiger partial charge in [0.15, 0.2) is 0 Å². The molecule has 0 aromatic heterocycles. The van der Waals surface area contributed by atoms with Crippen molar-refractivity contribution < 1.29 is 9.59 Å². The second kappa shape index (κ2) is 5.74. The Morgan fingerprint density at radius 2 is 1.80 bits per heavy atom. The largest absolute Gasteiger partial charge is 0.326 e. The van der Waals surface area contributed by atoms with Crippen LogP contribution in [-0.4, -0.2) is 11.8 Å². The molecule has 5 heteroatoms. The topological polar surface area (TPSA) is 82.0 Å². The van der Waals surface area contributed by atoms with Crippen molar-refractivity contribution in [3.63, 3.8) is 0 Å². The highest BCUT2D eigenvalue weighted by atomic mass is 16.2. The standard InChI is InChI=1S/C15H17N3O2/c1-11(19)17-12-5-4-6-13(9-12)18-14(20)15(10-16)7-2-3-8-15/h4-6,9H,2-3,7-8H2,1H3,(H,17,19)(H,18,20). The summed E-state index contributed by atoms with van der Waals surface area (Å²) >= 11 is 0. The van der Waals surface area contributed by atoms with E-state index in [-0.39, 0.29) is 11.8 Å². The van der Waals surface area contributed by atoms with Crippen molar-refractivity contribution in [2.24, 2.45) is 5.41 Å². The minimum atomic E-state index is -0.899. The molecule has 1 aromatic carbocycles. The van der Waals surface area contributed by atoms with Crippen LogP contribution in [0.4, 0.5) is 11.4 Å². The number of hydrogen-bond acceptors (Lipinski definition) is 3. The van der Waals surface area contributed by atoms with Gasteiger partial charge in [-0.3, -0.25) is 9.59 Å². The predicted molar refractivity (Wildman–Crippen MR) is 75.9 cm³/mol. The number of hydrogen-bond donors (Lipinski definition) is 2. The van der Waals surface area contributed by atoms with Gasteiger partial charge in [0.25, 0.3) is 0 Å². The molecule has 1 aliphatic rings. The molecule has 0 aliphatic heterocycles. The van der Waals surface area contributed by atoms with Crippen LogP contribution in [0.25, 0.3) is 0 Å². The van der Waals surface area contributed by atoms with E-state index in [4.69, 9.17) is 0 Å². The molecule has 104 valence electrons. The molecule has 1 saturated carbocycles. The Morgan fingerprint density at radius 3 is 2.35 bits per heavy atom. The summed E-state index contributed by atoms with van der Waals surface area (Å²) in [6, 6.07) is 9.07. The summed E-state index contributed by atoms with van der Waals surface area (Å²) in [6.45, 7) is 1.43. The molecule has 1 aliphatic carbocycles. The molecule has 5 nitrogen and oxygen atoms in total. The van der Waals surface area contributed by atoms with E-state index in [1.807, 2.05) is 0 Å². The molecular formula is C15H17N3O2. The van der Waals surface area contributed by atoms with Gasteiger partial charge in [0.2, 0.25) is 11.8 Å². The Bertz CT molecular complexity index is 569. The van der Waals surface area contributed by atoms with E-state index in [9.17, 15) is 14.9 Å². The third-order valence-electron chi connectivity index (χ3n) is 3.55. The van der Waals surface area contributed by atoms with E-state index in [2.05, 4.69) is 16.7 Å². The van der Waals surface area contributed by atoms with E-state index in [0.717, 1.165) is 12.8 Å². The fraction of sp³-hybridized carbons (Fsp3) is 0.400. The highest BCUT2D eigenvalue weighted by molar-refractivity contribution is 5.98. The molecule has 0 atom stereocenters. The predicted octanol–water partition coefficient (Wildman–Crippen LogP) is 2.67. The number of anilines is 2. The lowest BCUT2D eigenvalue weighted by Crippen LogP contribution is -2.32. The van der Waals surface area contributed by atoms with Gasteiger partial charge in [-0.15, -0.1) is 0 Å². The van der Waals surface area contributed by atoms with Gasteiger partial charge in [-0.25, -0.2) is 0 Å². The van der Waals surface area contributed by atoms with Crippen LogP contribution in [-0.2, 0) is 9.59 Å². The van der Waals surface area contributed by atoms with Gasteiger partial charge in [0.05, 0.1) is 6.07 Å². The van der Waals surface area contributed by atoms with Gasteiger partial charge < -0.3 is 10.6 Å². The first kappa shape index (κ1) is 14.1. The molecule has 20 heavy (non-hydrogen) atoms. The minimum Gasteiger partial charge on any atom is -0.326 e. The summed E-state index contributed by atoms with van der Waals surface area (Å²) in [6.07, 6.45) is 3.04. The minimum absolute atomic E-state index is 0.169. The number of nitriles is 1. The summed E-state index contributed by atoms with van der Waals surface area (Å²) in [5.41, 5.74) is 0.305. The summed E-state index contributed by atoms with van der Waals surface area (Å²) in [4.78, 5) is 23.3. The Balaban J connectivity index is 2.12. The molecule has 2 rings (SSSR count). The van der Waals surface area contributed by atoms with Crippen LogP contribution in [0.1, 0.15) is 32.6 Å². The third-order valence-corrected chi connectivity index (χ3v) is 3.55. The summed E-state index contributed by atoms with van der Waals surface area (Å²) in [5, 5.41) is 14.7. The number of carbonyl (C=O) groups excluding carboxylic acids is 2. The van der Waals surface area contributed by atoms with Crippen LogP contribution < -0.4 is 10.6 Å². The molecule has 0 bridgehead atoms. The van der Waals surface area contributed by atoms with Crippen molar-refractivity contribution in [3.8, 4) is 6.07 Å². The summed E-state index contributed by atoms with van der Waals surface area (Å²) < 4.78 is 0. The second-order valence-corrected chi connectivity index (χ2v) is 5.12. The first-order valence-electron chi connectivity index (χ1n) is 6.66. The number of rotatable bonds is 3. The van der Waals surface area contributed by atoms with Crippen molar-refractivity contribution in [1.29, 1.82) is 5.26 Å². The van der Waals surface area contributed by atoms with Gasteiger partial charge in [0.1, 0.15) is 5.41 Å². The Labute approximate surface area is 118 Å². The lowest BCUT2D eigenvalue weighted by Gasteiger charge is -2.19. The third kappa shape index (κ3) is 2.97. The first-order valence-corrected chi connectivity index (χ1v) is 6.66. The number of nitrogens with one attached hydrogen (secondary N) is 2. The number of nitrogens with zero attached hydrogens (tertiary/aromatic N) is 1. The highest BCUT2D eigenvalue weighted by Crippen LogP contribution is 2.38. The average molecular weight is 271 g/mol. The monoisotopic (exact) mass is 271 g/mol. The maximum absolute atomic E-state index is 12.3. The summed E-state index contributed by atoms with van der Waals surface area (Å²) in [5.74, 6) is -0.421. The number of benzene rings is 1. The molecule has 0 heterocycles. The van der Waals surface area contributed by atoms with Crippen LogP contribution in [0.2, 0.25) is 0 Å². The van der Waals surface area contributed by atoms with Crippen LogP contribution in [0.15, 0.2) is 24.3 Å². The smallest absolute Gasteiger partial charge is 0.244 e. The maximum Gasteiger partial charge on any atom is 0.244 e. The maximum atomic E-state index is 12.3. The van der Waals surface area contributed by atoms with Crippen LogP contribution >= 0.6 is 0 Å². The zero-order chi connectivity index (χ0) is 14.6. The zero-order valence-corrected chi connectivity index (χ0v) is 11.4. The van der Waals surface area contributed by atoms with Crippen molar-refractivity contribution in [1.82, 2.24) is 0 Å². The molecular weight excluding hydrogens is 254 g/mol. The molecule has 0 unspecified atom stereocenters. The highest BCUT2D eigenvalue weighted by Gasteiger charge is 2.41. The van der Waals surface area contributed by atoms with Crippen LogP contribution in [0.5, 0.6) is 0 Å². The SMILES string of the molecule is CC(=O)Nc1cccc(NC(=O)C2(C#N)CCCC2)c1. The van der Waals surface area contributed by atoms with E-state index in [1.165, 1.54) is 6.92 Å². The summed E-state index contributed by atoms with van der Waals surface area (Å²) in [7, 11) is 0. The Hall–Kier alpha value is -2.35. The van der Waals surface area contributed by atoms with Crippen LogP contribution in [0, 0.1) is 16.7 Å². The molecule has 1 fully saturated rings. The quantitative estimate of drug-likeness (QED) is 0.886. The normalized spacial score (nSPS) is 16.2. The van der Waals surface area contributed by atoms with Crippen molar-refractivity contribution in [2.75, 3.05) is 10.6 Å². The van der Waals surface area contributed by atoms with Crippen molar-refractivity contribution >= 4 is 23.2 Å². The van der Waals surface area contributed by atoms with Gasteiger partial charge in [-0.1, -0.05) is 18.9 Å². The van der Waals surface area contributed by atoms with E-state index >= 15 is 0 Å². The van der Waals surface area contributed by atoms with Gasteiger partial charge >= 0.3 is 0 Å². The number of carbonyl (C=O) groups is 2. The molecule has 2 N–H and O–H groups in total. The van der Waals surface area contributed by atoms with Crippen LogP contribution in [0.3, 0.4) is 0 Å². The Kier molecular flexibility index (Phi) is 4.04. The van der Waals surface area contributed by atoms with Gasteiger partial charge in [-0.2, -0.15) is 5.26 Å². The van der Waals surface area contributed by atoms with E-state index in [0.29, 0.717) is 24.2 Å². The van der Waals surface area contributed by atoms with E-state index < -0.39 is 5.41 Å². The molecule has 0 saturated heterocycles. The average Bonchev–Trinajstić information content (AvgIpc) is 2.88. The Morgan fingerprint density at radius 1 is 1.20 bits per heavy atom. The molecule has 0 radical (unpaired) electrons. The molecule has 0 spiro atoms. The van der Waals surface area contributed by atoms with Gasteiger partial charge in [0, 0.05) is 18.3 Å². The first-order chi connectivity index (χ1) is 9.55. The fourth-order valence-electron chi connectivity index (χ4n) is 2.50. The molecule has 1 aromatic rings. The fourth-order valence-corrected chi connectivity index (χ4v) is 2.50. The van der Waals surface area contributed by atoms with Crippen molar-refractivity contribution in [2.45, 2.75) is 32.6 Å². The zero-order valence-electron chi connectivity index (χ0n) is 11.4. The lowest BCUT2D eigenvalue weighted by atomic mass is 9.87. The number of amides is 2. The van der Waals surface area contributed by atoms with Crippen molar-refractivity contribution in [3.05, 3.63) is 24.3 Å². The molecule has 2 amide bonds.